The Hall–Kier alpha value is -2.55. The van der Waals surface area contributed by atoms with Crippen molar-refractivity contribution in [2.75, 3.05) is 13.1 Å². The third kappa shape index (κ3) is 3.90. The number of allylic oxidation sites excluding steroid dienone is 3. The maximum absolute atomic E-state index is 6.22. The predicted octanol–water partition coefficient (Wildman–Crippen LogP) is 7.27. The molecule has 2 atom stereocenters. The van der Waals surface area contributed by atoms with E-state index in [1.165, 1.54) is 47.8 Å². The number of hydrogen-bond acceptors (Lipinski definition) is 2. The van der Waals surface area contributed by atoms with Gasteiger partial charge in [0.1, 0.15) is 12.4 Å². The smallest absolute Gasteiger partial charge is 0.115 e. The van der Waals surface area contributed by atoms with Gasteiger partial charge in [-0.2, -0.15) is 0 Å². The van der Waals surface area contributed by atoms with Crippen molar-refractivity contribution in [2.24, 2.45) is 0 Å². The minimum absolute atomic E-state index is 0. The molecule has 0 N–H and O–H groups in total. The second kappa shape index (κ2) is 9.00. The zero-order valence-electron chi connectivity index (χ0n) is 19.3. The van der Waals surface area contributed by atoms with Crippen LogP contribution in [0, 0.1) is 0 Å². The standard InChI is InChI=1S/C30H31NO.ClH/c1-2-3-16-31-19-25-18-26-10-11-28(25)29(20-31)30(26)14-12-27(13-15-30)32-21-22-8-9-23-6-4-5-7-24(23)17-22;/h4-14,17-18,29H,2-3,15-16,19-21H2,1H3;1H. The molecule has 1 aliphatic heterocycles. The van der Waals surface area contributed by atoms with E-state index in [1.54, 1.807) is 11.1 Å². The second-order valence-corrected chi connectivity index (χ2v) is 9.71. The molecule has 0 amide bonds. The summed E-state index contributed by atoms with van der Waals surface area (Å²) in [5.41, 5.74) is 5.94. The van der Waals surface area contributed by atoms with Crippen molar-refractivity contribution in [1.82, 2.24) is 4.90 Å². The van der Waals surface area contributed by atoms with Crippen molar-refractivity contribution in [1.29, 1.82) is 0 Å². The molecule has 1 spiro atoms. The maximum Gasteiger partial charge on any atom is 0.115 e. The molecule has 4 aliphatic rings. The lowest BCUT2D eigenvalue weighted by molar-refractivity contribution is 0.182. The third-order valence-corrected chi connectivity index (χ3v) is 7.75. The molecule has 7 rings (SSSR count). The SMILES string of the molecule is CCCCN1Cc2cc3ccc2C(C1)C31C=CC(OCc2ccc3ccccc3c2)=CC1.Cl. The number of ether oxygens (including phenoxy) is 1. The highest BCUT2D eigenvalue weighted by atomic mass is 35.5. The number of rotatable bonds is 6. The molecule has 0 saturated carbocycles. The highest BCUT2D eigenvalue weighted by molar-refractivity contribution is 5.85. The third-order valence-electron chi connectivity index (χ3n) is 7.75. The first-order valence-electron chi connectivity index (χ1n) is 12.1. The van der Waals surface area contributed by atoms with Gasteiger partial charge in [-0.3, -0.25) is 4.90 Å². The maximum atomic E-state index is 6.22. The van der Waals surface area contributed by atoms with Crippen LogP contribution in [0.1, 0.15) is 54.4 Å². The van der Waals surface area contributed by atoms with Gasteiger partial charge in [-0.25, -0.2) is 0 Å². The van der Waals surface area contributed by atoms with Gasteiger partial charge in [0, 0.05) is 24.4 Å². The van der Waals surface area contributed by atoms with E-state index in [2.05, 4.69) is 90.7 Å². The molecule has 0 saturated heterocycles. The summed E-state index contributed by atoms with van der Waals surface area (Å²) in [6.45, 7) is 6.41. The van der Waals surface area contributed by atoms with E-state index < -0.39 is 0 Å². The molecular weight excluding hydrogens is 426 g/mol. The summed E-state index contributed by atoms with van der Waals surface area (Å²) in [5, 5.41) is 2.55. The van der Waals surface area contributed by atoms with Crippen LogP contribution in [0.3, 0.4) is 0 Å². The summed E-state index contributed by atoms with van der Waals surface area (Å²) >= 11 is 0. The predicted molar refractivity (Wildman–Crippen MR) is 139 cm³/mol. The lowest BCUT2D eigenvalue weighted by Crippen LogP contribution is -2.47. The molecule has 0 radical (unpaired) electrons. The van der Waals surface area contributed by atoms with Crippen LogP contribution in [0.25, 0.3) is 10.8 Å². The van der Waals surface area contributed by atoms with E-state index in [-0.39, 0.29) is 17.8 Å². The Labute approximate surface area is 203 Å². The molecule has 33 heavy (non-hydrogen) atoms. The van der Waals surface area contributed by atoms with Gasteiger partial charge in [-0.1, -0.05) is 74.0 Å². The average molecular weight is 458 g/mol. The molecule has 3 aliphatic carbocycles. The van der Waals surface area contributed by atoms with Gasteiger partial charge in [-0.15, -0.1) is 12.4 Å². The molecule has 170 valence electrons. The van der Waals surface area contributed by atoms with Crippen LogP contribution >= 0.6 is 12.4 Å². The monoisotopic (exact) mass is 457 g/mol. The Morgan fingerprint density at radius 2 is 1.91 bits per heavy atom. The van der Waals surface area contributed by atoms with Gasteiger partial charge < -0.3 is 4.74 Å². The highest BCUT2D eigenvalue weighted by Crippen LogP contribution is 2.53. The molecular formula is C30H32ClNO. The normalized spacial score (nSPS) is 22.9. The van der Waals surface area contributed by atoms with E-state index in [1.807, 2.05) is 0 Å². The average Bonchev–Trinajstić information content (AvgIpc) is 2.85. The van der Waals surface area contributed by atoms with Gasteiger partial charge in [0.15, 0.2) is 0 Å². The van der Waals surface area contributed by atoms with E-state index >= 15 is 0 Å². The Kier molecular flexibility index (Phi) is 6.07. The Morgan fingerprint density at radius 3 is 2.73 bits per heavy atom. The van der Waals surface area contributed by atoms with Gasteiger partial charge in [0.25, 0.3) is 0 Å². The lowest BCUT2D eigenvalue weighted by Gasteiger charge is -2.50. The van der Waals surface area contributed by atoms with Crippen LogP contribution in [0.5, 0.6) is 0 Å². The summed E-state index contributed by atoms with van der Waals surface area (Å²) in [6, 6.07) is 22.3. The Morgan fingerprint density at radius 1 is 1.03 bits per heavy atom. The fourth-order valence-electron chi connectivity index (χ4n) is 5.94. The Bertz CT molecular complexity index is 1230. The van der Waals surface area contributed by atoms with Crippen LogP contribution in [0.15, 0.2) is 84.7 Å². The number of unbranched alkanes of at least 4 members (excludes halogenated alkanes) is 1. The van der Waals surface area contributed by atoms with Crippen molar-refractivity contribution in [3.63, 3.8) is 0 Å². The fraction of sp³-hybridized carbons (Fsp3) is 0.333. The quantitative estimate of drug-likeness (QED) is 0.385. The molecule has 2 nitrogen and oxygen atoms in total. The van der Waals surface area contributed by atoms with Gasteiger partial charge in [-0.05, 0) is 70.6 Å². The van der Waals surface area contributed by atoms with Crippen molar-refractivity contribution >= 4 is 23.2 Å². The second-order valence-electron chi connectivity index (χ2n) is 9.71. The topological polar surface area (TPSA) is 12.5 Å². The fourth-order valence-corrected chi connectivity index (χ4v) is 5.94. The molecule has 3 aromatic carbocycles. The minimum atomic E-state index is 0. The number of halogens is 1. The zero-order chi connectivity index (χ0) is 21.5. The van der Waals surface area contributed by atoms with Crippen molar-refractivity contribution in [3.05, 3.63) is 107 Å². The van der Waals surface area contributed by atoms with Crippen LogP contribution in [-0.4, -0.2) is 18.0 Å². The first-order valence-corrected chi connectivity index (χ1v) is 12.1. The Balaban J connectivity index is 0.00000228. The molecule has 4 bridgehead atoms. The van der Waals surface area contributed by atoms with Crippen molar-refractivity contribution < 1.29 is 4.74 Å². The van der Waals surface area contributed by atoms with Gasteiger partial charge >= 0.3 is 0 Å². The van der Waals surface area contributed by atoms with E-state index in [0.29, 0.717) is 12.5 Å². The summed E-state index contributed by atoms with van der Waals surface area (Å²) < 4.78 is 6.22. The zero-order valence-corrected chi connectivity index (χ0v) is 20.1. The summed E-state index contributed by atoms with van der Waals surface area (Å²) in [6.07, 6.45) is 10.6. The molecule has 0 aromatic heterocycles. The molecule has 3 heteroatoms. The summed E-state index contributed by atoms with van der Waals surface area (Å²) in [7, 11) is 0. The van der Waals surface area contributed by atoms with E-state index in [9.17, 15) is 0 Å². The number of nitrogens with zero attached hydrogens (tertiary/aromatic N) is 1. The van der Waals surface area contributed by atoms with Crippen molar-refractivity contribution in [2.45, 2.75) is 50.7 Å². The number of fused-ring (bicyclic) bond motifs is 2. The first kappa shape index (κ1) is 22.3. The summed E-state index contributed by atoms with van der Waals surface area (Å²) in [5.74, 6) is 1.57. The minimum Gasteiger partial charge on any atom is -0.489 e. The first-order chi connectivity index (χ1) is 15.7. The van der Waals surface area contributed by atoms with E-state index in [0.717, 1.165) is 18.7 Å². The molecule has 3 aromatic rings. The molecule has 2 unspecified atom stereocenters. The van der Waals surface area contributed by atoms with Crippen LogP contribution in [-0.2, 0) is 23.3 Å². The lowest BCUT2D eigenvalue weighted by atomic mass is 9.58. The number of benzene rings is 3. The van der Waals surface area contributed by atoms with Crippen LogP contribution in [0.4, 0.5) is 0 Å². The van der Waals surface area contributed by atoms with Crippen LogP contribution < -0.4 is 0 Å². The van der Waals surface area contributed by atoms with E-state index in [4.69, 9.17) is 4.74 Å². The largest absolute Gasteiger partial charge is 0.489 e. The number of hydrogen-bond donors (Lipinski definition) is 0. The molecule has 0 fully saturated rings. The summed E-state index contributed by atoms with van der Waals surface area (Å²) in [4.78, 5) is 2.67. The molecule has 1 heterocycles. The van der Waals surface area contributed by atoms with Gasteiger partial charge in [0.2, 0.25) is 0 Å². The van der Waals surface area contributed by atoms with Crippen LogP contribution in [0.2, 0.25) is 0 Å². The highest BCUT2D eigenvalue weighted by Gasteiger charge is 2.46. The van der Waals surface area contributed by atoms with Gasteiger partial charge in [0.05, 0.1) is 0 Å². The van der Waals surface area contributed by atoms with Crippen molar-refractivity contribution in [3.8, 4) is 0 Å².